The molecule has 10 nitrogen and oxygen atoms in total. The molecule has 0 aliphatic carbocycles. The number of aromatic nitrogens is 2. The van der Waals surface area contributed by atoms with E-state index in [0.29, 0.717) is 44.0 Å². The van der Waals surface area contributed by atoms with Crippen LogP contribution in [-0.2, 0) is 23.9 Å². The van der Waals surface area contributed by atoms with E-state index in [0.717, 1.165) is 0 Å². The number of para-hydroxylation sites is 1. The molecule has 38 heavy (non-hydrogen) atoms. The highest BCUT2D eigenvalue weighted by Crippen LogP contribution is 2.20. The molecule has 0 bridgehead atoms. The van der Waals surface area contributed by atoms with Crippen molar-refractivity contribution in [3.63, 3.8) is 0 Å². The first-order valence-corrected chi connectivity index (χ1v) is 12.0. The molecule has 1 aliphatic heterocycles. The van der Waals surface area contributed by atoms with Gasteiger partial charge in [0.1, 0.15) is 5.75 Å². The predicted octanol–water partition coefficient (Wildman–Crippen LogP) is 0.267. The fourth-order valence-corrected chi connectivity index (χ4v) is 4.37. The fraction of sp³-hybridized carbons (Fsp3) is 0.250. The summed E-state index contributed by atoms with van der Waals surface area (Å²) >= 11 is 0. The first-order chi connectivity index (χ1) is 18.2. The lowest BCUT2D eigenvalue weighted by molar-refractivity contribution is -0.150. The Morgan fingerprint density at radius 1 is 0.947 bits per heavy atom. The summed E-state index contributed by atoms with van der Waals surface area (Å²) in [6.45, 7) is 6.84. The van der Waals surface area contributed by atoms with Crippen LogP contribution >= 0.6 is 0 Å². The van der Waals surface area contributed by atoms with Gasteiger partial charge in [-0.05, 0) is 45.4 Å². The van der Waals surface area contributed by atoms with Gasteiger partial charge in [0.2, 0.25) is 0 Å². The van der Waals surface area contributed by atoms with Crippen molar-refractivity contribution in [3.05, 3.63) is 74.1 Å². The number of esters is 2. The number of ether oxygens (including phenoxy) is 3. The van der Waals surface area contributed by atoms with Crippen molar-refractivity contribution in [2.45, 2.75) is 27.7 Å². The molecule has 3 aromatic rings. The number of H-pyrrole nitrogens is 2. The lowest BCUT2D eigenvalue weighted by Gasteiger charge is -2.03. The molecule has 4 rings (SSSR count). The molecule has 1 aromatic carbocycles. The Bertz CT molecular complexity index is 1720. The lowest BCUT2D eigenvalue weighted by Crippen LogP contribution is -2.28. The van der Waals surface area contributed by atoms with Crippen LogP contribution in [0.15, 0.2) is 35.3 Å². The predicted molar refractivity (Wildman–Crippen MR) is 137 cm³/mol. The number of fused-ring (bicyclic) bond motifs is 1. The highest BCUT2D eigenvalue weighted by atomic mass is 16.5. The van der Waals surface area contributed by atoms with Crippen molar-refractivity contribution in [1.29, 1.82) is 0 Å². The first-order valence-electron chi connectivity index (χ1n) is 12.0. The van der Waals surface area contributed by atoms with E-state index < -0.39 is 23.5 Å². The van der Waals surface area contributed by atoms with Gasteiger partial charge in [-0.2, -0.15) is 0 Å². The maximum Gasteiger partial charge on any atom is 0.379 e. The normalized spacial score (nSPS) is 14.1. The fourth-order valence-electron chi connectivity index (χ4n) is 4.37. The summed E-state index contributed by atoms with van der Waals surface area (Å²) in [5, 5.41) is 2.04. The second kappa shape index (κ2) is 10.7. The van der Waals surface area contributed by atoms with E-state index in [9.17, 15) is 19.2 Å². The summed E-state index contributed by atoms with van der Waals surface area (Å²) in [6, 6.07) is 8.69. The summed E-state index contributed by atoms with van der Waals surface area (Å²) in [5.74, 6) is -2.98. The second-order valence-corrected chi connectivity index (χ2v) is 8.42. The molecule has 0 spiro atoms. The van der Waals surface area contributed by atoms with Gasteiger partial charge in [0.25, 0.3) is 11.6 Å². The number of hydrogen-bond acceptors (Lipinski definition) is 8. The van der Waals surface area contributed by atoms with Crippen LogP contribution in [0.4, 0.5) is 0 Å². The molecule has 2 N–H and O–H groups in total. The minimum absolute atomic E-state index is 0.0665. The number of aromatic amines is 2. The summed E-state index contributed by atoms with van der Waals surface area (Å²) in [4.78, 5) is 61.0. The Balaban J connectivity index is 1.90. The van der Waals surface area contributed by atoms with Crippen molar-refractivity contribution >= 4 is 40.9 Å². The Morgan fingerprint density at radius 2 is 1.61 bits per heavy atom. The van der Waals surface area contributed by atoms with Gasteiger partial charge in [0.05, 0.1) is 53.2 Å². The van der Waals surface area contributed by atoms with Gasteiger partial charge >= 0.3 is 11.9 Å². The standard InChI is InChI=1S/C28H27N3O7/c1-6-37-27(34)25(32)22-14(3)18(29-15(22)4)12-19-21(36-5)13-20(30-19)24-23(26(33)28(35)38-7-2)16-10-8-9-11-17(16)31-24/h8-13,29-30H,6-7H2,1-5H3/b19-12-,24-20-. The number of carbonyl (C=O) groups is 4. The van der Waals surface area contributed by atoms with Crippen LogP contribution in [0.1, 0.15) is 41.2 Å². The van der Waals surface area contributed by atoms with Crippen LogP contribution in [0.2, 0.25) is 0 Å². The van der Waals surface area contributed by atoms with Crippen LogP contribution in [0.5, 0.6) is 5.75 Å². The second-order valence-electron chi connectivity index (χ2n) is 8.42. The quantitative estimate of drug-likeness (QED) is 0.248. The van der Waals surface area contributed by atoms with Gasteiger partial charge in [-0.25, -0.2) is 14.6 Å². The number of ketones is 2. The van der Waals surface area contributed by atoms with E-state index in [4.69, 9.17) is 14.2 Å². The summed E-state index contributed by atoms with van der Waals surface area (Å²) < 4.78 is 15.4. The Morgan fingerprint density at radius 3 is 2.26 bits per heavy atom. The van der Waals surface area contributed by atoms with E-state index in [1.165, 1.54) is 7.11 Å². The number of methoxy groups -OCH3 is 1. The van der Waals surface area contributed by atoms with Gasteiger partial charge < -0.3 is 24.2 Å². The molecular weight excluding hydrogens is 490 g/mol. The Labute approximate surface area is 217 Å². The number of Topliss-reactive ketones (excluding diaryl/α,β-unsaturated/α-hetero) is 2. The SMILES string of the molecule is CCOC(=O)C(=O)C1=c2ccccc2=N/C1=c1/cc(OC)/c(=C/c2[nH]c(C)c(C(=O)C(=O)OCC)c2C)[nH]1. The van der Waals surface area contributed by atoms with E-state index in [1.54, 1.807) is 64.1 Å². The van der Waals surface area contributed by atoms with E-state index >= 15 is 0 Å². The zero-order valence-corrected chi connectivity index (χ0v) is 21.7. The number of rotatable bonds is 8. The molecule has 0 fully saturated rings. The number of benzene rings is 1. The van der Waals surface area contributed by atoms with E-state index in [1.807, 2.05) is 0 Å². The Kier molecular flexibility index (Phi) is 7.43. The summed E-state index contributed by atoms with van der Waals surface area (Å²) in [7, 11) is 1.49. The van der Waals surface area contributed by atoms with Gasteiger partial charge in [0.15, 0.2) is 0 Å². The molecule has 3 heterocycles. The number of aryl methyl sites for hydroxylation is 1. The zero-order valence-electron chi connectivity index (χ0n) is 21.7. The van der Waals surface area contributed by atoms with Gasteiger partial charge in [-0.15, -0.1) is 0 Å². The third-order valence-corrected chi connectivity index (χ3v) is 6.07. The third kappa shape index (κ3) is 4.68. The molecule has 0 radical (unpaired) electrons. The first kappa shape index (κ1) is 26.3. The number of nitrogens with zero attached hydrogens (tertiary/aromatic N) is 1. The van der Waals surface area contributed by atoms with E-state index in [-0.39, 0.29) is 30.0 Å². The molecule has 0 amide bonds. The maximum absolute atomic E-state index is 13.1. The summed E-state index contributed by atoms with van der Waals surface area (Å²) in [5.41, 5.74) is 2.30. The van der Waals surface area contributed by atoms with Crippen LogP contribution < -0.4 is 26.0 Å². The van der Waals surface area contributed by atoms with Crippen LogP contribution in [0.3, 0.4) is 0 Å². The van der Waals surface area contributed by atoms with Crippen molar-refractivity contribution in [2.75, 3.05) is 20.3 Å². The molecule has 10 heteroatoms. The van der Waals surface area contributed by atoms with Crippen molar-refractivity contribution in [1.82, 2.24) is 9.97 Å². The largest absolute Gasteiger partial charge is 0.494 e. The van der Waals surface area contributed by atoms with Gasteiger partial charge in [-0.1, -0.05) is 18.2 Å². The third-order valence-electron chi connectivity index (χ3n) is 6.07. The average molecular weight is 518 g/mol. The molecule has 0 saturated carbocycles. The van der Waals surface area contributed by atoms with Crippen LogP contribution in [-0.4, -0.2) is 53.8 Å². The number of hydrogen-bond donors (Lipinski definition) is 2. The highest BCUT2D eigenvalue weighted by Gasteiger charge is 2.28. The molecule has 1 aliphatic rings. The zero-order chi connectivity index (χ0) is 27.6. The lowest BCUT2D eigenvalue weighted by atomic mass is 10.1. The maximum atomic E-state index is 13.1. The summed E-state index contributed by atoms with van der Waals surface area (Å²) in [6.07, 6.45) is 1.72. The molecule has 2 aromatic heterocycles. The topological polar surface area (TPSA) is 140 Å². The van der Waals surface area contributed by atoms with Crippen LogP contribution in [0, 0.1) is 13.8 Å². The van der Waals surface area contributed by atoms with Crippen molar-refractivity contribution in [2.24, 2.45) is 4.99 Å². The molecular formula is C28H27N3O7. The molecule has 196 valence electrons. The monoisotopic (exact) mass is 517 g/mol. The smallest absolute Gasteiger partial charge is 0.379 e. The van der Waals surface area contributed by atoms with Crippen molar-refractivity contribution in [3.8, 4) is 5.75 Å². The molecule has 0 saturated heterocycles. The minimum atomic E-state index is -0.964. The number of carbonyl (C=O) groups excluding carboxylic acids is 4. The van der Waals surface area contributed by atoms with E-state index in [2.05, 4.69) is 15.0 Å². The molecule has 0 atom stereocenters. The average Bonchev–Trinajstić information content (AvgIpc) is 3.56. The van der Waals surface area contributed by atoms with Gasteiger partial charge in [-0.3, -0.25) is 9.59 Å². The van der Waals surface area contributed by atoms with Gasteiger partial charge in [0, 0.05) is 22.7 Å². The molecule has 0 unspecified atom stereocenters. The minimum Gasteiger partial charge on any atom is -0.494 e. The van der Waals surface area contributed by atoms with Crippen LogP contribution in [0.25, 0.3) is 17.3 Å². The van der Waals surface area contributed by atoms with Crippen molar-refractivity contribution < 1.29 is 33.4 Å². The number of nitrogens with one attached hydrogen (secondary N) is 2. The Hall–Kier alpha value is -4.73. The highest BCUT2D eigenvalue weighted by molar-refractivity contribution is 6.54.